The summed E-state index contributed by atoms with van der Waals surface area (Å²) in [6.07, 6.45) is 0. The Morgan fingerprint density at radius 2 is 2.21 bits per heavy atom. The van der Waals surface area contributed by atoms with Crippen LogP contribution < -0.4 is 0 Å². The van der Waals surface area contributed by atoms with Crippen LogP contribution in [0.25, 0.3) is 11.5 Å². The first-order valence-electron chi connectivity index (χ1n) is 3.92. The lowest BCUT2D eigenvalue weighted by atomic mass is 10.2. The van der Waals surface area contributed by atoms with Crippen LogP contribution in [0.4, 0.5) is 4.39 Å². The Kier molecular flexibility index (Phi) is 2.21. The molecule has 14 heavy (non-hydrogen) atoms. The number of aryl methyl sites for hydroxylation is 1. The fourth-order valence-electron chi connectivity index (χ4n) is 1.04. The summed E-state index contributed by atoms with van der Waals surface area (Å²) >= 11 is 5.53. The van der Waals surface area contributed by atoms with Gasteiger partial charge in [-0.25, -0.2) is 4.39 Å². The van der Waals surface area contributed by atoms with Gasteiger partial charge in [0, 0.05) is 5.56 Å². The molecule has 3 nitrogen and oxygen atoms in total. The molecule has 1 heterocycles. The van der Waals surface area contributed by atoms with Gasteiger partial charge in [-0.1, -0.05) is 16.8 Å². The van der Waals surface area contributed by atoms with Gasteiger partial charge in [-0.05, 0) is 25.1 Å². The average molecular weight is 213 g/mol. The normalized spacial score (nSPS) is 10.5. The highest BCUT2D eigenvalue weighted by Crippen LogP contribution is 2.22. The molecule has 0 spiro atoms. The molecule has 0 atom stereocenters. The highest BCUT2D eigenvalue weighted by Gasteiger charge is 2.08. The maximum absolute atomic E-state index is 13.0. The van der Waals surface area contributed by atoms with E-state index in [1.807, 2.05) is 0 Å². The number of nitrogens with zero attached hydrogens (tertiary/aromatic N) is 2. The molecule has 5 heteroatoms. The van der Waals surface area contributed by atoms with Crippen molar-refractivity contribution in [2.45, 2.75) is 6.92 Å². The van der Waals surface area contributed by atoms with E-state index in [1.54, 1.807) is 13.0 Å². The van der Waals surface area contributed by atoms with E-state index in [4.69, 9.17) is 16.1 Å². The highest BCUT2D eigenvalue weighted by atomic mass is 35.5. The third kappa shape index (κ3) is 1.61. The van der Waals surface area contributed by atoms with Gasteiger partial charge >= 0.3 is 0 Å². The SMILES string of the molecule is Cc1noc(-c2ccc(Cl)c(F)c2)n1. The molecule has 0 aliphatic carbocycles. The van der Waals surface area contributed by atoms with Crippen molar-refractivity contribution in [1.82, 2.24) is 10.1 Å². The van der Waals surface area contributed by atoms with E-state index in [2.05, 4.69) is 10.1 Å². The molecule has 2 rings (SSSR count). The minimum atomic E-state index is -0.500. The highest BCUT2D eigenvalue weighted by molar-refractivity contribution is 6.30. The fraction of sp³-hybridized carbons (Fsp3) is 0.111. The largest absolute Gasteiger partial charge is 0.334 e. The second-order valence-electron chi connectivity index (χ2n) is 2.78. The van der Waals surface area contributed by atoms with Crippen LogP contribution in [0.5, 0.6) is 0 Å². The standard InChI is InChI=1S/C9H6ClFN2O/c1-5-12-9(14-13-5)6-2-3-7(10)8(11)4-6/h2-4H,1H3. The van der Waals surface area contributed by atoms with Gasteiger partial charge in [0.2, 0.25) is 0 Å². The summed E-state index contributed by atoms with van der Waals surface area (Å²) in [6.45, 7) is 1.69. The quantitative estimate of drug-likeness (QED) is 0.730. The van der Waals surface area contributed by atoms with Crippen molar-refractivity contribution >= 4 is 11.6 Å². The van der Waals surface area contributed by atoms with Gasteiger partial charge in [0.25, 0.3) is 5.89 Å². The second-order valence-corrected chi connectivity index (χ2v) is 3.18. The Balaban J connectivity index is 2.47. The third-order valence-corrected chi connectivity index (χ3v) is 2.00. The first-order chi connectivity index (χ1) is 6.66. The maximum atomic E-state index is 13.0. The molecule has 0 amide bonds. The number of benzene rings is 1. The molecular weight excluding hydrogens is 207 g/mol. The molecule has 0 saturated carbocycles. The lowest BCUT2D eigenvalue weighted by Crippen LogP contribution is -1.81. The Morgan fingerprint density at radius 1 is 1.43 bits per heavy atom. The molecule has 0 saturated heterocycles. The monoisotopic (exact) mass is 212 g/mol. The van der Waals surface area contributed by atoms with Crippen molar-refractivity contribution < 1.29 is 8.91 Å². The fourth-order valence-corrected chi connectivity index (χ4v) is 1.16. The number of aromatic nitrogens is 2. The average Bonchev–Trinajstić information content (AvgIpc) is 2.57. The molecule has 0 radical (unpaired) electrons. The van der Waals surface area contributed by atoms with E-state index in [0.29, 0.717) is 11.4 Å². The summed E-state index contributed by atoms with van der Waals surface area (Å²) in [5, 5.41) is 3.68. The van der Waals surface area contributed by atoms with E-state index in [9.17, 15) is 4.39 Å². The summed E-state index contributed by atoms with van der Waals surface area (Å²) in [4.78, 5) is 3.96. The first-order valence-corrected chi connectivity index (χ1v) is 4.30. The lowest BCUT2D eigenvalue weighted by molar-refractivity contribution is 0.425. The molecule has 0 bridgehead atoms. The number of hydrogen-bond donors (Lipinski definition) is 0. The molecule has 1 aromatic carbocycles. The molecule has 72 valence electrons. The van der Waals surface area contributed by atoms with Crippen molar-refractivity contribution in [3.8, 4) is 11.5 Å². The van der Waals surface area contributed by atoms with E-state index in [-0.39, 0.29) is 10.9 Å². The molecule has 0 fully saturated rings. The van der Waals surface area contributed by atoms with E-state index < -0.39 is 5.82 Å². The first kappa shape index (κ1) is 9.15. The van der Waals surface area contributed by atoms with Crippen molar-refractivity contribution in [3.63, 3.8) is 0 Å². The molecule has 2 aromatic rings. The number of rotatable bonds is 1. The predicted octanol–water partition coefficient (Wildman–Crippen LogP) is 2.84. The van der Waals surface area contributed by atoms with Crippen LogP contribution >= 0.6 is 11.6 Å². The van der Waals surface area contributed by atoms with Crippen molar-refractivity contribution in [2.75, 3.05) is 0 Å². The molecule has 0 aliphatic heterocycles. The minimum absolute atomic E-state index is 0.0741. The molecule has 1 aromatic heterocycles. The Morgan fingerprint density at radius 3 is 2.79 bits per heavy atom. The predicted molar refractivity (Wildman–Crippen MR) is 49.4 cm³/mol. The summed E-state index contributed by atoms with van der Waals surface area (Å²) < 4.78 is 17.9. The summed E-state index contributed by atoms with van der Waals surface area (Å²) in [5.41, 5.74) is 0.521. The Hall–Kier alpha value is -1.42. The van der Waals surface area contributed by atoms with Gasteiger partial charge < -0.3 is 4.52 Å². The molecule has 0 N–H and O–H groups in total. The van der Waals surface area contributed by atoms with Gasteiger partial charge in [-0.15, -0.1) is 0 Å². The van der Waals surface area contributed by atoms with E-state index in [1.165, 1.54) is 12.1 Å². The zero-order chi connectivity index (χ0) is 10.1. The van der Waals surface area contributed by atoms with E-state index >= 15 is 0 Å². The zero-order valence-electron chi connectivity index (χ0n) is 7.29. The van der Waals surface area contributed by atoms with Crippen LogP contribution in [0.15, 0.2) is 22.7 Å². The van der Waals surface area contributed by atoms with Crippen LogP contribution in [-0.4, -0.2) is 10.1 Å². The Labute approximate surface area is 84.5 Å². The summed E-state index contributed by atoms with van der Waals surface area (Å²) in [6, 6.07) is 4.33. The summed E-state index contributed by atoms with van der Waals surface area (Å²) in [5.74, 6) is 0.299. The van der Waals surface area contributed by atoms with Crippen molar-refractivity contribution in [3.05, 3.63) is 34.9 Å². The van der Waals surface area contributed by atoms with Crippen molar-refractivity contribution in [1.29, 1.82) is 0 Å². The Bertz CT molecular complexity index is 470. The second kappa shape index (κ2) is 3.38. The minimum Gasteiger partial charge on any atom is -0.334 e. The van der Waals surface area contributed by atoms with Gasteiger partial charge in [0.15, 0.2) is 5.82 Å². The van der Waals surface area contributed by atoms with Crippen molar-refractivity contribution in [2.24, 2.45) is 0 Å². The summed E-state index contributed by atoms with van der Waals surface area (Å²) in [7, 11) is 0. The molecule has 0 unspecified atom stereocenters. The zero-order valence-corrected chi connectivity index (χ0v) is 8.05. The van der Waals surface area contributed by atoms with Crippen LogP contribution in [0, 0.1) is 12.7 Å². The number of halogens is 2. The smallest absolute Gasteiger partial charge is 0.258 e. The van der Waals surface area contributed by atoms with Gasteiger partial charge in [0.1, 0.15) is 5.82 Å². The van der Waals surface area contributed by atoms with Crippen LogP contribution in [0.1, 0.15) is 5.82 Å². The topological polar surface area (TPSA) is 38.9 Å². The molecule has 0 aliphatic rings. The van der Waals surface area contributed by atoms with Gasteiger partial charge in [-0.3, -0.25) is 0 Å². The van der Waals surface area contributed by atoms with Gasteiger partial charge in [0.05, 0.1) is 5.02 Å². The van der Waals surface area contributed by atoms with E-state index in [0.717, 1.165) is 0 Å². The third-order valence-electron chi connectivity index (χ3n) is 1.69. The maximum Gasteiger partial charge on any atom is 0.258 e. The molecular formula is C9H6ClFN2O. The number of hydrogen-bond acceptors (Lipinski definition) is 3. The van der Waals surface area contributed by atoms with Crippen LogP contribution in [0.3, 0.4) is 0 Å². The van der Waals surface area contributed by atoms with Crippen LogP contribution in [-0.2, 0) is 0 Å². The van der Waals surface area contributed by atoms with Crippen LogP contribution in [0.2, 0.25) is 5.02 Å². The lowest BCUT2D eigenvalue weighted by Gasteiger charge is -1.95. The van der Waals surface area contributed by atoms with Gasteiger partial charge in [-0.2, -0.15) is 4.98 Å².